The van der Waals surface area contributed by atoms with Crippen molar-refractivity contribution in [2.45, 2.75) is 31.8 Å². The molecule has 0 aliphatic carbocycles. The molecule has 1 aliphatic heterocycles. The van der Waals surface area contributed by atoms with E-state index in [1.165, 1.54) is 0 Å². The highest BCUT2D eigenvalue weighted by molar-refractivity contribution is 6.36. The summed E-state index contributed by atoms with van der Waals surface area (Å²) in [4.78, 5) is 18.1. The van der Waals surface area contributed by atoms with Crippen molar-refractivity contribution < 1.29 is 4.79 Å². The van der Waals surface area contributed by atoms with Crippen molar-refractivity contribution in [3.63, 3.8) is 0 Å². The Kier molecular flexibility index (Phi) is 4.06. The molecule has 1 aliphatic rings. The summed E-state index contributed by atoms with van der Waals surface area (Å²) in [6, 6.07) is 1.46. The van der Waals surface area contributed by atoms with E-state index < -0.39 is 0 Å². The number of aromatic nitrogens is 2. The zero-order valence-corrected chi connectivity index (χ0v) is 12.9. The fraction of sp³-hybridized carbons (Fsp3) is 0.429. The summed E-state index contributed by atoms with van der Waals surface area (Å²) in [6.45, 7) is 1.44. The Morgan fingerprint density at radius 2 is 2.19 bits per heavy atom. The third-order valence-electron chi connectivity index (χ3n) is 3.83. The Morgan fingerprint density at radius 1 is 1.38 bits per heavy atom. The van der Waals surface area contributed by atoms with Crippen LogP contribution in [0.25, 0.3) is 5.65 Å². The smallest absolute Gasteiger partial charge is 0.234 e. The van der Waals surface area contributed by atoms with Crippen molar-refractivity contribution >= 4 is 34.8 Å². The van der Waals surface area contributed by atoms with Gasteiger partial charge >= 0.3 is 0 Å². The summed E-state index contributed by atoms with van der Waals surface area (Å²) in [7, 11) is 0. The molecule has 2 aromatic rings. The number of imidazole rings is 1. The maximum atomic E-state index is 11.5. The van der Waals surface area contributed by atoms with E-state index in [-0.39, 0.29) is 11.9 Å². The second-order valence-electron chi connectivity index (χ2n) is 5.35. The van der Waals surface area contributed by atoms with Gasteiger partial charge in [0.2, 0.25) is 5.91 Å². The molecule has 2 aromatic heterocycles. The number of carbonyl (C=O) groups excluding carboxylic acids is 1. The van der Waals surface area contributed by atoms with E-state index in [1.54, 1.807) is 12.3 Å². The van der Waals surface area contributed by atoms with Crippen molar-refractivity contribution in [2.24, 2.45) is 5.73 Å². The van der Waals surface area contributed by atoms with Crippen LogP contribution in [-0.2, 0) is 11.3 Å². The Hall–Kier alpha value is -1.30. The maximum Gasteiger partial charge on any atom is 0.234 e. The first kappa shape index (κ1) is 14.6. The number of carbonyl (C=O) groups is 1. The SMILES string of the molecule is NC(=O)[C@H]1CCCCN1Cc1cn2cc(Cl)cc(Cl)c2n1. The number of nitrogens with zero attached hydrogens (tertiary/aromatic N) is 3. The zero-order valence-electron chi connectivity index (χ0n) is 11.4. The molecule has 1 saturated heterocycles. The average Bonchev–Trinajstić information content (AvgIpc) is 2.81. The number of pyridine rings is 1. The Balaban J connectivity index is 1.87. The molecule has 7 heteroatoms. The van der Waals surface area contributed by atoms with Crippen LogP contribution in [0.4, 0.5) is 0 Å². The van der Waals surface area contributed by atoms with E-state index >= 15 is 0 Å². The number of primary amides is 1. The van der Waals surface area contributed by atoms with Gasteiger partial charge in [-0.2, -0.15) is 0 Å². The Morgan fingerprint density at radius 3 is 2.95 bits per heavy atom. The molecule has 2 N–H and O–H groups in total. The molecule has 5 nitrogen and oxygen atoms in total. The Bertz CT molecular complexity index is 685. The molecule has 0 unspecified atom stereocenters. The van der Waals surface area contributed by atoms with Gasteiger partial charge in [-0.25, -0.2) is 4.98 Å². The van der Waals surface area contributed by atoms with Crippen LogP contribution >= 0.6 is 23.2 Å². The van der Waals surface area contributed by atoms with E-state index in [2.05, 4.69) is 9.88 Å². The van der Waals surface area contributed by atoms with Crippen LogP contribution in [0, 0.1) is 0 Å². The van der Waals surface area contributed by atoms with Crippen LogP contribution in [0.1, 0.15) is 25.0 Å². The molecular formula is C14H16Cl2N4O. The van der Waals surface area contributed by atoms with Gasteiger partial charge in [0, 0.05) is 18.9 Å². The summed E-state index contributed by atoms with van der Waals surface area (Å²) < 4.78 is 1.81. The van der Waals surface area contributed by atoms with Crippen molar-refractivity contribution in [1.29, 1.82) is 0 Å². The number of hydrogen-bond donors (Lipinski definition) is 1. The van der Waals surface area contributed by atoms with Gasteiger partial charge in [-0.15, -0.1) is 0 Å². The highest BCUT2D eigenvalue weighted by Gasteiger charge is 2.27. The highest BCUT2D eigenvalue weighted by atomic mass is 35.5. The van der Waals surface area contributed by atoms with Crippen molar-refractivity contribution in [1.82, 2.24) is 14.3 Å². The molecule has 1 fully saturated rings. The summed E-state index contributed by atoms with van der Waals surface area (Å²) in [5.74, 6) is -0.264. The molecule has 21 heavy (non-hydrogen) atoms. The minimum Gasteiger partial charge on any atom is -0.368 e. The molecule has 3 rings (SSSR count). The molecule has 0 bridgehead atoms. The topological polar surface area (TPSA) is 63.6 Å². The molecule has 112 valence electrons. The summed E-state index contributed by atoms with van der Waals surface area (Å²) in [5, 5.41) is 1.07. The van der Waals surface area contributed by atoms with E-state index in [4.69, 9.17) is 28.9 Å². The molecule has 1 atom stereocenters. The largest absolute Gasteiger partial charge is 0.368 e. The molecule has 0 spiro atoms. The number of nitrogens with two attached hydrogens (primary N) is 1. The lowest BCUT2D eigenvalue weighted by molar-refractivity contribution is -0.124. The second kappa shape index (κ2) is 5.83. The minimum absolute atomic E-state index is 0.206. The fourth-order valence-electron chi connectivity index (χ4n) is 2.86. The third-order valence-corrected chi connectivity index (χ3v) is 4.31. The lowest BCUT2D eigenvalue weighted by atomic mass is 10.0. The minimum atomic E-state index is -0.264. The van der Waals surface area contributed by atoms with Gasteiger partial charge in [-0.1, -0.05) is 29.6 Å². The first-order chi connectivity index (χ1) is 10.0. The number of halogens is 2. The average molecular weight is 327 g/mol. The van der Waals surface area contributed by atoms with E-state index in [0.29, 0.717) is 22.2 Å². The predicted octanol–water partition coefficient (Wildman–Crippen LogP) is 2.48. The molecule has 0 saturated carbocycles. The monoisotopic (exact) mass is 326 g/mol. The van der Waals surface area contributed by atoms with Crippen LogP contribution in [0.3, 0.4) is 0 Å². The molecule has 1 amide bonds. The van der Waals surface area contributed by atoms with Crippen LogP contribution in [0.15, 0.2) is 18.5 Å². The lowest BCUT2D eigenvalue weighted by Crippen LogP contribution is -2.47. The molecule has 0 radical (unpaired) electrons. The number of likely N-dealkylation sites (tertiary alicyclic amines) is 1. The number of amides is 1. The molecular weight excluding hydrogens is 311 g/mol. The van der Waals surface area contributed by atoms with Crippen LogP contribution in [0.5, 0.6) is 0 Å². The standard InChI is InChI=1S/C14H16Cl2N4O/c15-9-5-11(16)14-18-10(8-20(14)6-9)7-19-4-2-1-3-12(19)13(17)21/h5-6,8,12H,1-4,7H2,(H2,17,21)/t12-/m1/s1. The van der Waals surface area contributed by atoms with Gasteiger partial charge in [0.15, 0.2) is 5.65 Å². The van der Waals surface area contributed by atoms with Gasteiger partial charge in [0.25, 0.3) is 0 Å². The Labute approximate surface area is 132 Å². The second-order valence-corrected chi connectivity index (χ2v) is 6.20. The first-order valence-electron chi connectivity index (χ1n) is 6.90. The highest BCUT2D eigenvalue weighted by Crippen LogP contribution is 2.24. The lowest BCUT2D eigenvalue weighted by Gasteiger charge is -2.32. The van der Waals surface area contributed by atoms with E-state index in [9.17, 15) is 4.79 Å². The first-order valence-corrected chi connectivity index (χ1v) is 7.66. The van der Waals surface area contributed by atoms with Gasteiger partial charge < -0.3 is 10.1 Å². The molecule has 3 heterocycles. The predicted molar refractivity (Wildman–Crippen MR) is 82.5 cm³/mol. The fourth-order valence-corrected chi connectivity index (χ4v) is 3.39. The number of piperidine rings is 1. The summed E-state index contributed by atoms with van der Waals surface area (Å²) in [6.07, 6.45) is 6.58. The normalized spacial score (nSPS) is 20.0. The number of fused-ring (bicyclic) bond motifs is 1. The van der Waals surface area contributed by atoms with Crippen molar-refractivity contribution in [2.75, 3.05) is 6.54 Å². The van der Waals surface area contributed by atoms with Gasteiger partial charge in [0.05, 0.1) is 21.8 Å². The zero-order chi connectivity index (χ0) is 15.0. The number of hydrogen-bond acceptors (Lipinski definition) is 3. The van der Waals surface area contributed by atoms with Crippen LogP contribution in [0.2, 0.25) is 10.0 Å². The van der Waals surface area contributed by atoms with Gasteiger partial charge in [-0.3, -0.25) is 9.69 Å². The molecule has 0 aromatic carbocycles. The van der Waals surface area contributed by atoms with Gasteiger partial charge in [-0.05, 0) is 25.5 Å². The summed E-state index contributed by atoms with van der Waals surface area (Å²) >= 11 is 12.1. The van der Waals surface area contributed by atoms with Crippen molar-refractivity contribution in [3.8, 4) is 0 Å². The van der Waals surface area contributed by atoms with Crippen LogP contribution in [-0.4, -0.2) is 32.8 Å². The number of rotatable bonds is 3. The maximum absolute atomic E-state index is 11.5. The van der Waals surface area contributed by atoms with Gasteiger partial charge in [0.1, 0.15) is 0 Å². The van der Waals surface area contributed by atoms with Crippen molar-refractivity contribution in [3.05, 3.63) is 34.2 Å². The quantitative estimate of drug-likeness (QED) is 0.942. The van der Waals surface area contributed by atoms with E-state index in [1.807, 2.05) is 10.6 Å². The van der Waals surface area contributed by atoms with Crippen LogP contribution < -0.4 is 5.73 Å². The summed E-state index contributed by atoms with van der Waals surface area (Å²) in [5.41, 5.74) is 7.01. The third kappa shape index (κ3) is 3.00. The van der Waals surface area contributed by atoms with E-state index in [0.717, 1.165) is 31.5 Å².